The van der Waals surface area contributed by atoms with Gasteiger partial charge in [0, 0.05) is 24.2 Å². The van der Waals surface area contributed by atoms with E-state index >= 15 is 0 Å². The molecule has 1 rings (SSSR count). The maximum Gasteiger partial charge on any atom is 0.270 e. The Morgan fingerprint density at radius 1 is 1.57 bits per heavy atom. The van der Waals surface area contributed by atoms with Gasteiger partial charge in [-0.1, -0.05) is 31.6 Å². The predicted octanol–water partition coefficient (Wildman–Crippen LogP) is 2.75. The van der Waals surface area contributed by atoms with Gasteiger partial charge in [0.1, 0.15) is 0 Å². The van der Waals surface area contributed by atoms with E-state index < -0.39 is 4.92 Å². The van der Waals surface area contributed by atoms with Crippen LogP contribution >= 0.6 is 12.2 Å². The largest absolute Gasteiger partial charge is 0.358 e. The van der Waals surface area contributed by atoms with E-state index in [9.17, 15) is 10.1 Å². The molecule has 0 radical (unpaired) electrons. The molecule has 0 bridgehead atoms. The molecular formula is C14H18N4O2S. The van der Waals surface area contributed by atoms with E-state index in [0.717, 1.165) is 12.1 Å². The van der Waals surface area contributed by atoms with Crippen molar-refractivity contribution in [1.82, 2.24) is 10.7 Å². The molecule has 21 heavy (non-hydrogen) atoms. The summed E-state index contributed by atoms with van der Waals surface area (Å²) in [5.41, 5.74) is 4.22. The number of hydrogen-bond acceptors (Lipinski definition) is 4. The molecule has 0 aliphatic carbocycles. The number of nitrogens with one attached hydrogen (secondary N) is 2. The molecule has 7 heteroatoms. The highest BCUT2D eigenvalue weighted by atomic mass is 32.1. The van der Waals surface area contributed by atoms with Crippen LogP contribution in [0.4, 0.5) is 5.69 Å². The van der Waals surface area contributed by atoms with Crippen LogP contribution in [0.3, 0.4) is 0 Å². The maximum atomic E-state index is 10.8. The van der Waals surface area contributed by atoms with Gasteiger partial charge in [0.15, 0.2) is 5.11 Å². The van der Waals surface area contributed by atoms with Crippen molar-refractivity contribution in [2.45, 2.75) is 19.8 Å². The number of rotatable bonds is 7. The molecule has 1 aromatic rings. The third-order valence-corrected chi connectivity index (χ3v) is 2.81. The highest BCUT2D eigenvalue weighted by molar-refractivity contribution is 7.80. The van der Waals surface area contributed by atoms with Crippen LogP contribution in [0.2, 0.25) is 0 Å². The predicted molar refractivity (Wildman–Crippen MR) is 88.5 cm³/mol. The van der Waals surface area contributed by atoms with Crippen LogP contribution < -0.4 is 10.7 Å². The quantitative estimate of drug-likeness (QED) is 0.266. The molecule has 2 N–H and O–H groups in total. The Balaban J connectivity index is 2.90. The molecule has 0 aromatic heterocycles. The SMILES string of the molecule is C=CCNC(=S)N/N=C(/CCC)c1cccc([N+](=O)[O-])c1. The lowest BCUT2D eigenvalue weighted by molar-refractivity contribution is -0.384. The Morgan fingerprint density at radius 2 is 2.33 bits per heavy atom. The summed E-state index contributed by atoms with van der Waals surface area (Å²) in [6.07, 6.45) is 3.25. The van der Waals surface area contributed by atoms with Crippen molar-refractivity contribution >= 4 is 28.7 Å². The monoisotopic (exact) mass is 306 g/mol. The second kappa shape index (κ2) is 8.80. The molecule has 0 aliphatic rings. The summed E-state index contributed by atoms with van der Waals surface area (Å²) in [6.45, 7) is 6.14. The zero-order chi connectivity index (χ0) is 15.7. The van der Waals surface area contributed by atoms with Crippen LogP contribution in [0.1, 0.15) is 25.3 Å². The van der Waals surface area contributed by atoms with Gasteiger partial charge in [0.2, 0.25) is 0 Å². The van der Waals surface area contributed by atoms with Gasteiger partial charge in [-0.05, 0) is 18.6 Å². The van der Waals surface area contributed by atoms with E-state index in [1.54, 1.807) is 18.2 Å². The van der Waals surface area contributed by atoms with E-state index in [0.29, 0.717) is 23.6 Å². The number of benzene rings is 1. The van der Waals surface area contributed by atoms with Gasteiger partial charge in [0.25, 0.3) is 5.69 Å². The number of hydrazone groups is 1. The second-order valence-electron chi connectivity index (χ2n) is 4.23. The molecule has 0 saturated heterocycles. The summed E-state index contributed by atoms with van der Waals surface area (Å²) in [6, 6.07) is 6.41. The first-order valence-corrected chi connectivity index (χ1v) is 6.95. The van der Waals surface area contributed by atoms with Gasteiger partial charge < -0.3 is 5.32 Å². The summed E-state index contributed by atoms with van der Waals surface area (Å²) in [5, 5.41) is 18.4. The fourth-order valence-corrected chi connectivity index (χ4v) is 1.75. The van der Waals surface area contributed by atoms with Crippen LogP contribution in [0.25, 0.3) is 0 Å². The highest BCUT2D eigenvalue weighted by Crippen LogP contribution is 2.15. The minimum atomic E-state index is -0.420. The number of hydrogen-bond donors (Lipinski definition) is 2. The molecule has 0 unspecified atom stereocenters. The molecule has 0 atom stereocenters. The van der Waals surface area contributed by atoms with Crippen LogP contribution in [0.15, 0.2) is 42.0 Å². The third-order valence-electron chi connectivity index (χ3n) is 2.58. The van der Waals surface area contributed by atoms with Gasteiger partial charge in [-0.3, -0.25) is 15.5 Å². The Morgan fingerprint density at radius 3 is 2.95 bits per heavy atom. The number of nitrogens with zero attached hydrogens (tertiary/aromatic N) is 2. The summed E-state index contributed by atoms with van der Waals surface area (Å²) in [5.74, 6) is 0. The minimum absolute atomic E-state index is 0.0451. The lowest BCUT2D eigenvalue weighted by Gasteiger charge is -2.08. The summed E-state index contributed by atoms with van der Waals surface area (Å²) >= 11 is 5.05. The van der Waals surface area contributed by atoms with E-state index in [-0.39, 0.29) is 5.69 Å². The lowest BCUT2D eigenvalue weighted by Crippen LogP contribution is -2.32. The molecule has 0 spiro atoms. The first kappa shape index (κ1) is 16.8. The Labute approximate surface area is 129 Å². The smallest absolute Gasteiger partial charge is 0.270 e. The van der Waals surface area contributed by atoms with Crippen molar-refractivity contribution < 1.29 is 4.92 Å². The van der Waals surface area contributed by atoms with E-state index in [1.165, 1.54) is 12.1 Å². The first-order chi connectivity index (χ1) is 10.1. The topological polar surface area (TPSA) is 79.6 Å². The highest BCUT2D eigenvalue weighted by Gasteiger charge is 2.10. The van der Waals surface area contributed by atoms with E-state index in [2.05, 4.69) is 22.4 Å². The zero-order valence-corrected chi connectivity index (χ0v) is 12.7. The number of nitro benzene ring substituents is 1. The normalized spacial score (nSPS) is 10.8. The number of thiocarbonyl (C=S) groups is 1. The lowest BCUT2D eigenvalue weighted by atomic mass is 10.1. The Kier molecular flexibility index (Phi) is 7.03. The first-order valence-electron chi connectivity index (χ1n) is 6.54. The fourth-order valence-electron chi connectivity index (χ4n) is 1.62. The van der Waals surface area contributed by atoms with Crippen LogP contribution in [-0.4, -0.2) is 22.3 Å². The summed E-state index contributed by atoms with van der Waals surface area (Å²) < 4.78 is 0. The van der Waals surface area contributed by atoms with Crippen LogP contribution in [-0.2, 0) is 0 Å². The molecule has 0 amide bonds. The number of nitro groups is 1. The molecule has 0 aliphatic heterocycles. The molecule has 6 nitrogen and oxygen atoms in total. The average Bonchev–Trinajstić information content (AvgIpc) is 2.49. The van der Waals surface area contributed by atoms with Gasteiger partial charge in [0.05, 0.1) is 10.6 Å². The van der Waals surface area contributed by atoms with Crippen molar-refractivity contribution in [1.29, 1.82) is 0 Å². The van der Waals surface area contributed by atoms with E-state index in [4.69, 9.17) is 12.2 Å². The fraction of sp³-hybridized carbons (Fsp3) is 0.286. The number of non-ortho nitro benzene ring substituents is 1. The average molecular weight is 306 g/mol. The van der Waals surface area contributed by atoms with Gasteiger partial charge in [-0.15, -0.1) is 6.58 Å². The molecular weight excluding hydrogens is 288 g/mol. The molecule has 0 heterocycles. The standard InChI is InChI=1S/C14H18N4O2S/c1-3-6-13(16-17-14(21)15-9-4-2)11-7-5-8-12(10-11)18(19)20/h4-5,7-8,10H,2-3,6,9H2,1H3,(H2,15,17,21)/b16-13-. The van der Waals surface area contributed by atoms with Gasteiger partial charge in [-0.25, -0.2) is 0 Å². The molecule has 0 fully saturated rings. The molecule has 0 saturated carbocycles. The van der Waals surface area contributed by atoms with Crippen LogP contribution in [0, 0.1) is 10.1 Å². The van der Waals surface area contributed by atoms with E-state index in [1.807, 2.05) is 6.92 Å². The van der Waals surface area contributed by atoms with Gasteiger partial charge in [-0.2, -0.15) is 5.10 Å². The van der Waals surface area contributed by atoms with Crippen molar-refractivity contribution in [3.63, 3.8) is 0 Å². The summed E-state index contributed by atoms with van der Waals surface area (Å²) in [4.78, 5) is 10.4. The zero-order valence-electron chi connectivity index (χ0n) is 11.8. The van der Waals surface area contributed by atoms with Gasteiger partial charge >= 0.3 is 0 Å². The van der Waals surface area contributed by atoms with Crippen molar-refractivity contribution in [3.8, 4) is 0 Å². The maximum absolute atomic E-state index is 10.8. The third kappa shape index (κ3) is 5.70. The summed E-state index contributed by atoms with van der Waals surface area (Å²) in [7, 11) is 0. The van der Waals surface area contributed by atoms with Crippen molar-refractivity contribution in [2.24, 2.45) is 5.10 Å². The molecule has 112 valence electrons. The Hall–Kier alpha value is -2.28. The second-order valence-corrected chi connectivity index (χ2v) is 4.63. The van der Waals surface area contributed by atoms with Crippen molar-refractivity contribution in [3.05, 3.63) is 52.6 Å². The van der Waals surface area contributed by atoms with Crippen LogP contribution in [0.5, 0.6) is 0 Å². The minimum Gasteiger partial charge on any atom is -0.358 e. The van der Waals surface area contributed by atoms with Crippen molar-refractivity contribution in [2.75, 3.05) is 6.54 Å². The Bertz CT molecular complexity index is 558. The molecule has 1 aromatic carbocycles.